The van der Waals surface area contributed by atoms with Crippen molar-refractivity contribution in [3.63, 3.8) is 0 Å². The summed E-state index contributed by atoms with van der Waals surface area (Å²) in [6, 6.07) is 1.80. The SMILES string of the molecule is Cc1nccc(CNC(=O)CCC(C)CN)n1. The van der Waals surface area contributed by atoms with Crippen LogP contribution >= 0.6 is 0 Å². The van der Waals surface area contributed by atoms with Crippen molar-refractivity contribution in [1.82, 2.24) is 15.3 Å². The van der Waals surface area contributed by atoms with E-state index < -0.39 is 0 Å². The molecule has 0 saturated heterocycles. The van der Waals surface area contributed by atoms with Crippen molar-refractivity contribution in [2.75, 3.05) is 6.54 Å². The van der Waals surface area contributed by atoms with E-state index in [1.807, 2.05) is 13.8 Å². The second-order valence-corrected chi connectivity index (χ2v) is 4.25. The molecule has 5 nitrogen and oxygen atoms in total. The van der Waals surface area contributed by atoms with Gasteiger partial charge in [-0.05, 0) is 31.9 Å². The van der Waals surface area contributed by atoms with E-state index in [4.69, 9.17) is 5.73 Å². The number of nitrogens with zero attached hydrogens (tertiary/aromatic N) is 2. The zero-order chi connectivity index (χ0) is 12.7. The van der Waals surface area contributed by atoms with Crippen molar-refractivity contribution in [2.24, 2.45) is 11.7 Å². The zero-order valence-electron chi connectivity index (χ0n) is 10.4. The predicted molar refractivity (Wildman–Crippen MR) is 66.1 cm³/mol. The van der Waals surface area contributed by atoms with Crippen molar-refractivity contribution in [3.05, 3.63) is 23.8 Å². The molecule has 1 atom stereocenters. The molecule has 0 aromatic carbocycles. The van der Waals surface area contributed by atoms with Crippen LogP contribution in [0.1, 0.15) is 31.3 Å². The monoisotopic (exact) mass is 236 g/mol. The van der Waals surface area contributed by atoms with E-state index in [1.54, 1.807) is 12.3 Å². The summed E-state index contributed by atoms with van der Waals surface area (Å²) in [5.74, 6) is 1.15. The molecule has 94 valence electrons. The number of amides is 1. The summed E-state index contributed by atoms with van der Waals surface area (Å²) < 4.78 is 0. The summed E-state index contributed by atoms with van der Waals surface area (Å²) >= 11 is 0. The van der Waals surface area contributed by atoms with Gasteiger partial charge in [-0.15, -0.1) is 0 Å². The molecule has 0 spiro atoms. The van der Waals surface area contributed by atoms with Gasteiger partial charge in [0.05, 0.1) is 12.2 Å². The lowest BCUT2D eigenvalue weighted by molar-refractivity contribution is -0.121. The Bertz CT molecular complexity index is 367. The predicted octanol–water partition coefficient (Wildman–Crippen LogP) is 0.776. The van der Waals surface area contributed by atoms with Crippen LogP contribution in [0.15, 0.2) is 12.3 Å². The molecule has 0 fully saturated rings. The van der Waals surface area contributed by atoms with E-state index in [2.05, 4.69) is 15.3 Å². The number of hydrogen-bond acceptors (Lipinski definition) is 4. The standard InChI is InChI=1S/C12H20N4O/c1-9(7-13)3-4-12(17)15-8-11-5-6-14-10(2)16-11/h5-6,9H,3-4,7-8,13H2,1-2H3,(H,15,17). The van der Waals surface area contributed by atoms with Crippen LogP contribution < -0.4 is 11.1 Å². The van der Waals surface area contributed by atoms with Gasteiger partial charge in [0.1, 0.15) is 5.82 Å². The molecule has 1 unspecified atom stereocenters. The molecule has 0 aliphatic heterocycles. The van der Waals surface area contributed by atoms with E-state index in [-0.39, 0.29) is 5.91 Å². The van der Waals surface area contributed by atoms with Crippen molar-refractivity contribution in [3.8, 4) is 0 Å². The van der Waals surface area contributed by atoms with Gasteiger partial charge in [0.2, 0.25) is 5.91 Å². The third-order valence-electron chi connectivity index (χ3n) is 2.57. The van der Waals surface area contributed by atoms with Crippen LogP contribution in [0, 0.1) is 12.8 Å². The van der Waals surface area contributed by atoms with Crippen molar-refractivity contribution >= 4 is 5.91 Å². The molecule has 17 heavy (non-hydrogen) atoms. The molecule has 0 radical (unpaired) electrons. The molecule has 1 heterocycles. The minimum absolute atomic E-state index is 0.0431. The Morgan fingerprint density at radius 2 is 2.35 bits per heavy atom. The Labute approximate surface area is 102 Å². The average Bonchev–Trinajstić information content (AvgIpc) is 2.33. The Morgan fingerprint density at radius 1 is 1.59 bits per heavy atom. The van der Waals surface area contributed by atoms with Crippen LogP contribution in [-0.2, 0) is 11.3 Å². The van der Waals surface area contributed by atoms with Crippen LogP contribution in [0.4, 0.5) is 0 Å². The number of rotatable bonds is 6. The van der Waals surface area contributed by atoms with Gasteiger partial charge in [-0.25, -0.2) is 9.97 Å². The average molecular weight is 236 g/mol. The van der Waals surface area contributed by atoms with Crippen molar-refractivity contribution in [1.29, 1.82) is 0 Å². The summed E-state index contributed by atoms with van der Waals surface area (Å²) in [5, 5.41) is 2.84. The van der Waals surface area contributed by atoms with Crippen LogP contribution in [0.3, 0.4) is 0 Å². The molecule has 1 rings (SSSR count). The molecule has 0 aliphatic rings. The Kier molecular flexibility index (Phi) is 5.56. The van der Waals surface area contributed by atoms with Crippen LogP contribution in [0.2, 0.25) is 0 Å². The molecule has 0 bridgehead atoms. The van der Waals surface area contributed by atoms with Gasteiger partial charge in [0.15, 0.2) is 0 Å². The van der Waals surface area contributed by atoms with E-state index in [1.165, 1.54) is 0 Å². The molecule has 0 aliphatic carbocycles. The van der Waals surface area contributed by atoms with E-state index in [9.17, 15) is 4.79 Å². The molecule has 5 heteroatoms. The summed E-state index contributed by atoms with van der Waals surface area (Å²) in [6.07, 6.45) is 3.04. The van der Waals surface area contributed by atoms with Gasteiger partial charge in [0.25, 0.3) is 0 Å². The summed E-state index contributed by atoms with van der Waals surface area (Å²) in [6.45, 7) is 4.95. The number of nitrogens with two attached hydrogens (primary N) is 1. The molecular weight excluding hydrogens is 216 g/mol. The Hall–Kier alpha value is -1.49. The largest absolute Gasteiger partial charge is 0.350 e. The number of carbonyl (C=O) groups is 1. The highest BCUT2D eigenvalue weighted by atomic mass is 16.1. The fourth-order valence-electron chi connectivity index (χ4n) is 1.38. The quantitative estimate of drug-likeness (QED) is 0.764. The summed E-state index contributed by atoms with van der Waals surface area (Å²) in [7, 11) is 0. The van der Waals surface area contributed by atoms with Gasteiger partial charge >= 0.3 is 0 Å². The van der Waals surface area contributed by atoms with E-state index in [0.29, 0.717) is 31.3 Å². The maximum atomic E-state index is 11.5. The number of nitrogens with one attached hydrogen (secondary N) is 1. The summed E-state index contributed by atoms with van der Waals surface area (Å²) in [4.78, 5) is 19.7. The fourth-order valence-corrected chi connectivity index (χ4v) is 1.38. The molecule has 0 saturated carbocycles. The minimum Gasteiger partial charge on any atom is -0.350 e. The smallest absolute Gasteiger partial charge is 0.220 e. The number of hydrogen-bond donors (Lipinski definition) is 2. The topological polar surface area (TPSA) is 80.9 Å². The van der Waals surface area contributed by atoms with Crippen LogP contribution in [0.25, 0.3) is 0 Å². The molecule has 1 aromatic heterocycles. The van der Waals surface area contributed by atoms with Crippen LogP contribution in [0.5, 0.6) is 0 Å². The normalized spacial score (nSPS) is 12.2. The van der Waals surface area contributed by atoms with Crippen LogP contribution in [-0.4, -0.2) is 22.4 Å². The highest BCUT2D eigenvalue weighted by molar-refractivity contribution is 5.75. The fraction of sp³-hybridized carbons (Fsp3) is 0.583. The zero-order valence-corrected chi connectivity index (χ0v) is 10.4. The molecule has 1 aromatic rings. The third-order valence-corrected chi connectivity index (χ3v) is 2.57. The van der Waals surface area contributed by atoms with Gasteiger partial charge in [-0.1, -0.05) is 6.92 Å². The highest BCUT2D eigenvalue weighted by Crippen LogP contribution is 2.03. The molecular formula is C12H20N4O. The first-order valence-corrected chi connectivity index (χ1v) is 5.87. The van der Waals surface area contributed by atoms with Crippen molar-refractivity contribution < 1.29 is 4.79 Å². The maximum Gasteiger partial charge on any atom is 0.220 e. The first kappa shape index (κ1) is 13.6. The molecule has 3 N–H and O–H groups in total. The van der Waals surface area contributed by atoms with E-state index in [0.717, 1.165) is 12.1 Å². The number of carbonyl (C=O) groups excluding carboxylic acids is 1. The Balaban J connectivity index is 2.28. The van der Waals surface area contributed by atoms with E-state index >= 15 is 0 Å². The lowest BCUT2D eigenvalue weighted by Gasteiger charge is -2.08. The maximum absolute atomic E-state index is 11.5. The van der Waals surface area contributed by atoms with Gasteiger partial charge in [0, 0.05) is 12.6 Å². The second-order valence-electron chi connectivity index (χ2n) is 4.25. The van der Waals surface area contributed by atoms with Crippen molar-refractivity contribution in [2.45, 2.75) is 33.2 Å². The van der Waals surface area contributed by atoms with Gasteiger partial charge in [-0.3, -0.25) is 4.79 Å². The Morgan fingerprint density at radius 3 is 3.00 bits per heavy atom. The number of aryl methyl sites for hydroxylation is 1. The first-order chi connectivity index (χ1) is 8.11. The van der Waals surface area contributed by atoms with Gasteiger partial charge in [-0.2, -0.15) is 0 Å². The van der Waals surface area contributed by atoms with Gasteiger partial charge < -0.3 is 11.1 Å². The lowest BCUT2D eigenvalue weighted by Crippen LogP contribution is -2.24. The lowest BCUT2D eigenvalue weighted by atomic mass is 10.1. The number of aromatic nitrogens is 2. The minimum atomic E-state index is 0.0431. The third kappa shape index (κ3) is 5.40. The highest BCUT2D eigenvalue weighted by Gasteiger charge is 2.05. The molecule has 1 amide bonds. The summed E-state index contributed by atoms with van der Waals surface area (Å²) in [5.41, 5.74) is 6.32. The first-order valence-electron chi connectivity index (χ1n) is 5.87. The second kappa shape index (κ2) is 6.96.